The van der Waals surface area contributed by atoms with Crippen LogP contribution in [0.1, 0.15) is 21.6 Å². The van der Waals surface area contributed by atoms with Crippen LogP contribution in [0.5, 0.6) is 0 Å². The van der Waals surface area contributed by atoms with Gasteiger partial charge < -0.3 is 15.4 Å². The van der Waals surface area contributed by atoms with Crippen LogP contribution < -0.4 is 5.32 Å². The summed E-state index contributed by atoms with van der Waals surface area (Å²) in [5.74, 6) is -0.552. The SMILES string of the molecule is N#Cc1ccc(-c2[nH]c3c(c2Nc2ccccc2)C(=O)N(C(=O)O)CC3)cc1. The fourth-order valence-corrected chi connectivity index (χ4v) is 3.34. The van der Waals surface area contributed by atoms with Crippen LogP contribution in [0.3, 0.4) is 0 Å². The van der Waals surface area contributed by atoms with Crippen LogP contribution in [0.2, 0.25) is 0 Å². The minimum atomic E-state index is -1.26. The van der Waals surface area contributed by atoms with Crippen LogP contribution in [0.4, 0.5) is 16.2 Å². The van der Waals surface area contributed by atoms with E-state index < -0.39 is 12.0 Å². The average molecular weight is 372 g/mol. The summed E-state index contributed by atoms with van der Waals surface area (Å²) < 4.78 is 0. The number of fused-ring (bicyclic) bond motifs is 1. The number of amides is 2. The third kappa shape index (κ3) is 2.97. The lowest BCUT2D eigenvalue weighted by Gasteiger charge is -2.23. The predicted octanol–water partition coefficient (Wildman–Crippen LogP) is 3.97. The number of carboxylic acid groups (broad SMARTS) is 1. The molecule has 0 atom stereocenters. The van der Waals surface area contributed by atoms with E-state index in [-0.39, 0.29) is 6.54 Å². The molecular formula is C21H16N4O3. The number of hydrogen-bond acceptors (Lipinski definition) is 4. The molecule has 3 aromatic rings. The molecule has 1 aliphatic rings. The number of rotatable bonds is 3. The number of benzene rings is 2. The van der Waals surface area contributed by atoms with Gasteiger partial charge in [0.2, 0.25) is 0 Å². The molecule has 2 amide bonds. The fourth-order valence-electron chi connectivity index (χ4n) is 3.34. The summed E-state index contributed by atoms with van der Waals surface area (Å²) in [6.07, 6.45) is -0.852. The van der Waals surface area contributed by atoms with Gasteiger partial charge in [0, 0.05) is 29.9 Å². The van der Waals surface area contributed by atoms with Crippen molar-refractivity contribution in [3.8, 4) is 17.3 Å². The summed E-state index contributed by atoms with van der Waals surface area (Å²) in [5.41, 5.74) is 4.34. The second-order valence-electron chi connectivity index (χ2n) is 6.40. The lowest BCUT2D eigenvalue weighted by atomic mass is 10.0. The third-order valence-corrected chi connectivity index (χ3v) is 4.70. The Labute approximate surface area is 160 Å². The molecule has 2 heterocycles. The third-order valence-electron chi connectivity index (χ3n) is 4.70. The topological polar surface area (TPSA) is 109 Å². The number of hydrogen-bond donors (Lipinski definition) is 3. The molecule has 0 unspecified atom stereocenters. The van der Waals surface area contributed by atoms with Crippen molar-refractivity contribution in [1.82, 2.24) is 9.88 Å². The van der Waals surface area contributed by atoms with Crippen LogP contribution in [0.25, 0.3) is 11.3 Å². The molecule has 138 valence electrons. The Bertz CT molecular complexity index is 1100. The van der Waals surface area contributed by atoms with E-state index >= 15 is 0 Å². The summed E-state index contributed by atoms with van der Waals surface area (Å²) >= 11 is 0. The minimum Gasteiger partial charge on any atom is -0.465 e. The zero-order valence-corrected chi connectivity index (χ0v) is 14.8. The quantitative estimate of drug-likeness (QED) is 0.644. The predicted molar refractivity (Wildman–Crippen MR) is 103 cm³/mol. The van der Waals surface area contributed by atoms with E-state index in [1.807, 2.05) is 30.3 Å². The molecule has 0 saturated heterocycles. The van der Waals surface area contributed by atoms with Gasteiger partial charge in [-0.3, -0.25) is 4.79 Å². The largest absolute Gasteiger partial charge is 0.465 e. The van der Waals surface area contributed by atoms with Crippen LogP contribution in [-0.4, -0.2) is 33.5 Å². The van der Waals surface area contributed by atoms with Gasteiger partial charge in [-0.25, -0.2) is 9.69 Å². The van der Waals surface area contributed by atoms with Crippen molar-refractivity contribution >= 4 is 23.4 Å². The maximum absolute atomic E-state index is 12.9. The number of para-hydroxylation sites is 1. The monoisotopic (exact) mass is 372 g/mol. The lowest BCUT2D eigenvalue weighted by molar-refractivity contribution is 0.0728. The molecule has 4 rings (SSSR count). The van der Waals surface area contributed by atoms with Crippen LogP contribution in [0.15, 0.2) is 54.6 Å². The molecule has 7 heteroatoms. The van der Waals surface area contributed by atoms with Crippen molar-refractivity contribution in [3.63, 3.8) is 0 Å². The highest BCUT2D eigenvalue weighted by molar-refractivity contribution is 6.10. The highest BCUT2D eigenvalue weighted by Crippen LogP contribution is 2.38. The molecule has 28 heavy (non-hydrogen) atoms. The number of nitriles is 1. The Morgan fingerprint density at radius 2 is 1.86 bits per heavy atom. The van der Waals surface area contributed by atoms with Crippen LogP contribution in [-0.2, 0) is 6.42 Å². The second kappa shape index (κ2) is 6.93. The molecule has 3 N–H and O–H groups in total. The van der Waals surface area contributed by atoms with E-state index in [0.29, 0.717) is 34.6 Å². The summed E-state index contributed by atoms with van der Waals surface area (Å²) in [4.78, 5) is 28.4. The van der Waals surface area contributed by atoms with Crippen molar-refractivity contribution in [1.29, 1.82) is 5.26 Å². The molecule has 1 aromatic heterocycles. The first-order valence-electron chi connectivity index (χ1n) is 8.70. The van der Waals surface area contributed by atoms with Gasteiger partial charge in [0.1, 0.15) is 0 Å². The van der Waals surface area contributed by atoms with Gasteiger partial charge in [-0.2, -0.15) is 5.26 Å². The van der Waals surface area contributed by atoms with Crippen molar-refractivity contribution in [2.75, 3.05) is 11.9 Å². The molecule has 0 spiro atoms. The zero-order valence-electron chi connectivity index (χ0n) is 14.8. The van der Waals surface area contributed by atoms with Crippen LogP contribution in [0, 0.1) is 11.3 Å². The van der Waals surface area contributed by atoms with Crippen molar-refractivity contribution < 1.29 is 14.7 Å². The summed E-state index contributed by atoms with van der Waals surface area (Å²) in [5, 5.41) is 21.6. The zero-order chi connectivity index (χ0) is 19.7. The Kier molecular flexibility index (Phi) is 4.30. The number of aromatic nitrogens is 1. The average Bonchev–Trinajstić information content (AvgIpc) is 3.08. The number of nitrogens with zero attached hydrogens (tertiary/aromatic N) is 2. The minimum absolute atomic E-state index is 0.110. The second-order valence-corrected chi connectivity index (χ2v) is 6.40. The van der Waals surface area contributed by atoms with Gasteiger partial charge >= 0.3 is 6.09 Å². The molecule has 1 aliphatic heterocycles. The maximum atomic E-state index is 12.9. The maximum Gasteiger partial charge on any atom is 0.414 e. The first-order valence-corrected chi connectivity index (χ1v) is 8.70. The first kappa shape index (κ1) is 17.4. The number of aromatic amines is 1. The van der Waals surface area contributed by atoms with Crippen molar-refractivity contribution in [2.45, 2.75) is 6.42 Å². The molecule has 0 radical (unpaired) electrons. The molecule has 0 aliphatic carbocycles. The standard InChI is InChI=1S/C21H16N4O3/c22-12-13-6-8-14(9-7-13)18-19(23-15-4-2-1-3-5-15)17-16(24-18)10-11-25(20(17)26)21(27)28/h1-9,23-24H,10-11H2,(H,27,28). The Hall–Kier alpha value is -4.05. The Morgan fingerprint density at radius 1 is 1.14 bits per heavy atom. The smallest absolute Gasteiger partial charge is 0.414 e. The highest BCUT2D eigenvalue weighted by Gasteiger charge is 2.34. The summed E-state index contributed by atoms with van der Waals surface area (Å²) in [6, 6.07) is 18.4. The van der Waals surface area contributed by atoms with Gasteiger partial charge in [0.25, 0.3) is 5.91 Å². The summed E-state index contributed by atoms with van der Waals surface area (Å²) in [6.45, 7) is 0.110. The number of carbonyl (C=O) groups is 2. The molecule has 2 aromatic carbocycles. The molecule has 0 saturated carbocycles. The van der Waals surface area contributed by atoms with Crippen molar-refractivity contribution in [3.05, 3.63) is 71.4 Å². The van der Waals surface area contributed by atoms with Gasteiger partial charge in [-0.05, 0) is 24.3 Å². The van der Waals surface area contributed by atoms with Crippen LogP contribution >= 0.6 is 0 Å². The Balaban J connectivity index is 1.86. The van der Waals surface area contributed by atoms with Gasteiger partial charge in [0.05, 0.1) is 28.6 Å². The van der Waals surface area contributed by atoms with E-state index in [1.165, 1.54) is 0 Å². The highest BCUT2D eigenvalue weighted by atomic mass is 16.4. The van der Waals surface area contributed by atoms with E-state index in [2.05, 4.69) is 16.4 Å². The molecule has 7 nitrogen and oxygen atoms in total. The number of imide groups is 1. The van der Waals surface area contributed by atoms with E-state index in [0.717, 1.165) is 16.2 Å². The summed E-state index contributed by atoms with van der Waals surface area (Å²) in [7, 11) is 0. The lowest BCUT2D eigenvalue weighted by Crippen LogP contribution is -2.41. The van der Waals surface area contributed by atoms with E-state index in [9.17, 15) is 14.7 Å². The van der Waals surface area contributed by atoms with Gasteiger partial charge in [0.15, 0.2) is 0 Å². The van der Waals surface area contributed by atoms with Gasteiger partial charge in [-0.1, -0.05) is 30.3 Å². The first-order chi connectivity index (χ1) is 13.6. The number of nitrogens with one attached hydrogen (secondary N) is 2. The molecule has 0 bridgehead atoms. The number of anilines is 2. The molecule has 0 fully saturated rings. The normalized spacial score (nSPS) is 13.0. The van der Waals surface area contributed by atoms with Crippen molar-refractivity contribution in [2.24, 2.45) is 0 Å². The number of H-pyrrole nitrogens is 1. The molecular weight excluding hydrogens is 356 g/mol. The van der Waals surface area contributed by atoms with Gasteiger partial charge in [-0.15, -0.1) is 0 Å². The van der Waals surface area contributed by atoms with E-state index in [4.69, 9.17) is 5.26 Å². The van der Waals surface area contributed by atoms with E-state index in [1.54, 1.807) is 24.3 Å². The Morgan fingerprint density at radius 3 is 2.50 bits per heavy atom. The number of carbonyl (C=O) groups excluding carboxylic acids is 1. The fraction of sp³-hybridized carbons (Fsp3) is 0.0952.